The van der Waals surface area contributed by atoms with Crippen LogP contribution in [-0.4, -0.2) is 99.6 Å². The van der Waals surface area contributed by atoms with Crippen molar-refractivity contribution in [3.63, 3.8) is 0 Å². The quantitative estimate of drug-likeness (QED) is 0.0196. The molecule has 1 aliphatic heterocycles. The summed E-state index contributed by atoms with van der Waals surface area (Å²) in [5, 5.41) is 56.7. The fourth-order valence-corrected chi connectivity index (χ4v) is 8.19. The van der Waals surface area contributed by atoms with Crippen LogP contribution in [0.5, 0.6) is 0 Å². The average molecular weight is 1010 g/mol. The Bertz CT molecular complexity index is 1530. The molecule has 0 saturated carbocycles. The summed E-state index contributed by atoms with van der Waals surface area (Å²) in [4.78, 5) is 26.4. The molecule has 0 aromatic heterocycles. The summed E-state index contributed by atoms with van der Waals surface area (Å²) in [6, 6.07) is -1.05. The molecule has 0 aliphatic carbocycles. The van der Waals surface area contributed by atoms with Gasteiger partial charge in [0.15, 0.2) is 12.4 Å². The Kier molecular flexibility index (Phi) is 44.9. The Balaban J connectivity index is 2.80. The molecule has 412 valence electrons. The summed E-state index contributed by atoms with van der Waals surface area (Å²) < 4.78 is 17.5. The Morgan fingerprint density at radius 3 is 1.53 bits per heavy atom. The van der Waals surface area contributed by atoms with Crippen molar-refractivity contribution in [3.8, 4) is 0 Å². The minimum absolute atomic E-state index is 0.0401. The van der Waals surface area contributed by atoms with E-state index >= 15 is 0 Å². The molecule has 8 unspecified atom stereocenters. The third kappa shape index (κ3) is 36.5. The Labute approximate surface area is 437 Å². The molecule has 11 heteroatoms. The number of hydrogen-bond acceptors (Lipinski definition) is 10. The van der Waals surface area contributed by atoms with Gasteiger partial charge in [-0.1, -0.05) is 208 Å². The van der Waals surface area contributed by atoms with Crippen molar-refractivity contribution in [1.82, 2.24) is 5.32 Å². The predicted molar refractivity (Wildman–Crippen MR) is 296 cm³/mol. The van der Waals surface area contributed by atoms with Crippen molar-refractivity contribution < 1.29 is 49.3 Å². The van der Waals surface area contributed by atoms with Gasteiger partial charge in [-0.25, -0.2) is 0 Å². The fourth-order valence-electron chi connectivity index (χ4n) is 8.19. The molecule has 0 radical (unpaired) electrons. The number of esters is 1. The molecule has 72 heavy (non-hydrogen) atoms. The lowest BCUT2D eigenvalue weighted by Gasteiger charge is -2.41. The van der Waals surface area contributed by atoms with Crippen LogP contribution in [0.1, 0.15) is 213 Å². The van der Waals surface area contributed by atoms with Crippen molar-refractivity contribution in [2.24, 2.45) is 0 Å². The first kappa shape index (κ1) is 66.6. The normalized spacial score (nSPS) is 20.2. The first-order valence-electron chi connectivity index (χ1n) is 28.5. The highest BCUT2D eigenvalue weighted by molar-refractivity contribution is 5.80. The topological polar surface area (TPSA) is 175 Å². The minimum atomic E-state index is -1.64. The van der Waals surface area contributed by atoms with E-state index < -0.39 is 67.4 Å². The highest BCUT2D eigenvalue weighted by Crippen LogP contribution is 2.26. The van der Waals surface area contributed by atoms with Crippen LogP contribution in [0.15, 0.2) is 97.2 Å². The first-order chi connectivity index (χ1) is 35.2. The van der Waals surface area contributed by atoms with Crippen molar-refractivity contribution in [2.75, 3.05) is 13.2 Å². The van der Waals surface area contributed by atoms with Gasteiger partial charge < -0.3 is 45.1 Å². The van der Waals surface area contributed by atoms with E-state index in [1.807, 2.05) is 18.2 Å². The van der Waals surface area contributed by atoms with Gasteiger partial charge in [0.2, 0.25) is 5.91 Å². The van der Waals surface area contributed by atoms with Gasteiger partial charge in [-0.15, -0.1) is 0 Å². The van der Waals surface area contributed by atoms with Gasteiger partial charge in [-0.3, -0.25) is 9.59 Å². The molecule has 1 aliphatic rings. The molecule has 1 heterocycles. The van der Waals surface area contributed by atoms with Crippen LogP contribution in [0.25, 0.3) is 0 Å². The standard InChI is InChI=1S/C61H103NO10/c1-4-7-10-13-16-19-22-25-26-27-28-31-34-37-40-43-46-49-56(66)72-59-58(68)57(67)55(50-63)71-61(59)70-51-52(53(64)47-44-41-38-35-32-29-23-20-17-14-11-8-5-2)62-60(69)54(65)48-45-42-39-36-33-30-24-21-18-15-12-9-6-3/h9,12,16,18-19,21,25-26,28,30-31,33,37,40,44,47,52-55,57-59,61,63-65,67-68H,4-8,10-11,13-15,17,20,22-24,27,29,32,34-36,38-39,41-43,45-46,48-51H2,1-3H3,(H,62,69)/b12-9+,19-16-,21-18+,26-25-,31-28-,33-30+,40-37-,47-44+. The van der Waals surface area contributed by atoms with Gasteiger partial charge in [0.1, 0.15) is 24.4 Å². The maximum absolute atomic E-state index is 13.4. The average Bonchev–Trinajstić information content (AvgIpc) is 3.38. The SMILES string of the molecule is CC/C=C/C/C=C/C/C=C/CCCCCC(O)C(=O)NC(COC1OC(CO)C(O)C(O)C1OC(=O)CCC/C=C\C/C=C\C/C=C\C/C=C\CCCCC)C(O)/C=C/CCCCCCCCCCCCC. The van der Waals surface area contributed by atoms with E-state index in [4.69, 9.17) is 14.2 Å². The van der Waals surface area contributed by atoms with Gasteiger partial charge in [-0.05, 0) is 96.3 Å². The van der Waals surface area contributed by atoms with Crippen molar-refractivity contribution in [2.45, 2.75) is 262 Å². The maximum atomic E-state index is 13.4. The number of amides is 1. The van der Waals surface area contributed by atoms with E-state index in [-0.39, 0.29) is 19.4 Å². The number of rotatable bonds is 46. The molecule has 1 fully saturated rings. The molecule has 6 N–H and O–H groups in total. The summed E-state index contributed by atoms with van der Waals surface area (Å²) in [7, 11) is 0. The third-order valence-corrected chi connectivity index (χ3v) is 12.7. The molecule has 1 rings (SSSR count). The maximum Gasteiger partial charge on any atom is 0.306 e. The van der Waals surface area contributed by atoms with Gasteiger partial charge in [0.25, 0.3) is 0 Å². The van der Waals surface area contributed by atoms with Crippen molar-refractivity contribution >= 4 is 11.9 Å². The van der Waals surface area contributed by atoms with Crippen molar-refractivity contribution in [3.05, 3.63) is 97.2 Å². The Hall–Kier alpha value is -3.42. The zero-order valence-corrected chi connectivity index (χ0v) is 45.3. The van der Waals surface area contributed by atoms with Crippen molar-refractivity contribution in [1.29, 1.82) is 0 Å². The number of carbonyl (C=O) groups is 2. The third-order valence-electron chi connectivity index (χ3n) is 12.7. The summed E-state index contributed by atoms with van der Waals surface area (Å²) >= 11 is 0. The number of allylic oxidation sites excluding steroid dienone is 15. The molecule has 0 aromatic carbocycles. The number of unbranched alkanes of at least 4 members (excludes halogenated alkanes) is 18. The lowest BCUT2D eigenvalue weighted by molar-refractivity contribution is -0.305. The second-order valence-corrected chi connectivity index (χ2v) is 19.3. The molecule has 8 atom stereocenters. The largest absolute Gasteiger partial charge is 0.454 e. The first-order valence-corrected chi connectivity index (χ1v) is 28.5. The minimum Gasteiger partial charge on any atom is -0.454 e. The molecule has 1 saturated heterocycles. The highest BCUT2D eigenvalue weighted by atomic mass is 16.7. The van der Waals surface area contributed by atoms with Crippen LogP contribution in [0.2, 0.25) is 0 Å². The zero-order valence-electron chi connectivity index (χ0n) is 45.3. The number of hydrogen-bond donors (Lipinski definition) is 6. The Morgan fingerprint density at radius 1 is 0.556 bits per heavy atom. The van der Waals surface area contributed by atoms with Crippen LogP contribution >= 0.6 is 0 Å². The van der Waals surface area contributed by atoms with Gasteiger partial charge >= 0.3 is 5.97 Å². The van der Waals surface area contributed by atoms with E-state index in [1.54, 1.807) is 6.08 Å². The monoisotopic (exact) mass is 1010 g/mol. The van der Waals surface area contributed by atoms with Crippen LogP contribution in [0, 0.1) is 0 Å². The van der Waals surface area contributed by atoms with E-state index in [0.29, 0.717) is 19.3 Å². The smallest absolute Gasteiger partial charge is 0.306 e. The summed E-state index contributed by atoms with van der Waals surface area (Å²) in [5.74, 6) is -1.29. The summed E-state index contributed by atoms with van der Waals surface area (Å²) in [6.07, 6.45) is 53.1. The van der Waals surface area contributed by atoms with Gasteiger partial charge in [0, 0.05) is 6.42 Å². The highest BCUT2D eigenvalue weighted by Gasteiger charge is 2.47. The van der Waals surface area contributed by atoms with E-state index in [1.165, 1.54) is 70.6 Å². The molecule has 1 amide bonds. The molecular weight excluding hydrogens is 907 g/mol. The lowest BCUT2D eigenvalue weighted by atomic mass is 9.99. The fraction of sp³-hybridized carbons (Fsp3) is 0.705. The van der Waals surface area contributed by atoms with Crippen LogP contribution < -0.4 is 5.32 Å². The predicted octanol–water partition coefficient (Wildman–Crippen LogP) is 12.8. The van der Waals surface area contributed by atoms with Crippen LogP contribution in [-0.2, 0) is 23.8 Å². The number of aliphatic hydroxyl groups is 5. The molecule has 11 nitrogen and oxygen atoms in total. The van der Waals surface area contributed by atoms with Gasteiger partial charge in [-0.2, -0.15) is 0 Å². The second-order valence-electron chi connectivity index (χ2n) is 19.3. The van der Waals surface area contributed by atoms with E-state index in [2.05, 4.69) is 99.0 Å². The van der Waals surface area contributed by atoms with Crippen LogP contribution in [0.4, 0.5) is 0 Å². The molecule has 0 spiro atoms. The molecule has 0 bridgehead atoms. The van der Waals surface area contributed by atoms with Gasteiger partial charge in [0.05, 0.1) is 25.4 Å². The summed E-state index contributed by atoms with van der Waals surface area (Å²) in [6.45, 7) is 5.58. The lowest BCUT2D eigenvalue weighted by Crippen LogP contribution is -2.61. The number of nitrogens with one attached hydrogen (secondary N) is 1. The number of aliphatic hydroxyl groups excluding tert-OH is 5. The summed E-state index contributed by atoms with van der Waals surface area (Å²) in [5.41, 5.74) is 0. The van der Waals surface area contributed by atoms with E-state index in [0.717, 1.165) is 89.9 Å². The second kappa shape index (κ2) is 48.5. The number of carbonyl (C=O) groups excluding carboxylic acids is 2. The zero-order chi connectivity index (χ0) is 52.5. The van der Waals surface area contributed by atoms with Crippen LogP contribution in [0.3, 0.4) is 0 Å². The number of ether oxygens (including phenoxy) is 3. The Morgan fingerprint density at radius 2 is 1.00 bits per heavy atom. The molecular formula is C61H103NO10. The van der Waals surface area contributed by atoms with E-state index in [9.17, 15) is 35.1 Å². The molecule has 0 aromatic rings.